The molecular weight excluding hydrogens is 164 g/mol. The molecule has 2 unspecified atom stereocenters. The van der Waals surface area contributed by atoms with Crippen LogP contribution >= 0.6 is 0 Å². The summed E-state index contributed by atoms with van der Waals surface area (Å²) in [6, 6.07) is 0. The van der Waals surface area contributed by atoms with Crippen molar-refractivity contribution >= 4 is 5.91 Å². The van der Waals surface area contributed by atoms with E-state index in [0.29, 0.717) is 11.5 Å². The van der Waals surface area contributed by atoms with Gasteiger partial charge in [0.05, 0.1) is 0 Å². The van der Waals surface area contributed by atoms with E-state index in [2.05, 4.69) is 6.58 Å². The fourth-order valence-electron chi connectivity index (χ4n) is 2.31. The zero-order chi connectivity index (χ0) is 9.64. The summed E-state index contributed by atoms with van der Waals surface area (Å²) in [7, 11) is 0. The molecular formula is C10H16N2O. The first-order valence-electron chi connectivity index (χ1n) is 4.76. The van der Waals surface area contributed by atoms with Crippen LogP contribution in [0.5, 0.6) is 0 Å². The van der Waals surface area contributed by atoms with E-state index in [4.69, 9.17) is 5.73 Å². The minimum Gasteiger partial charge on any atom is -0.337 e. The quantitative estimate of drug-likeness (QED) is 0.598. The monoisotopic (exact) mass is 180 g/mol. The van der Waals surface area contributed by atoms with E-state index in [9.17, 15) is 4.79 Å². The van der Waals surface area contributed by atoms with Crippen molar-refractivity contribution in [3.8, 4) is 0 Å². The maximum atomic E-state index is 11.6. The molecule has 3 heteroatoms. The van der Waals surface area contributed by atoms with Gasteiger partial charge in [-0.2, -0.15) is 0 Å². The molecule has 0 radical (unpaired) electrons. The molecule has 2 aliphatic rings. The second kappa shape index (κ2) is 2.58. The molecule has 72 valence electrons. The fraction of sp³-hybridized carbons (Fsp3) is 0.700. The lowest BCUT2D eigenvalue weighted by Gasteiger charge is -2.39. The molecule has 0 spiro atoms. The maximum absolute atomic E-state index is 11.6. The third-order valence-corrected chi connectivity index (χ3v) is 3.35. The van der Waals surface area contributed by atoms with Crippen LogP contribution in [0.2, 0.25) is 0 Å². The number of fused-ring (bicyclic) bond motifs is 1. The summed E-state index contributed by atoms with van der Waals surface area (Å²) in [6.45, 7) is 6.98. The topological polar surface area (TPSA) is 46.3 Å². The molecule has 1 saturated heterocycles. The second-order valence-electron chi connectivity index (χ2n) is 4.43. The van der Waals surface area contributed by atoms with Crippen LogP contribution in [0, 0.1) is 5.92 Å². The van der Waals surface area contributed by atoms with Gasteiger partial charge in [-0.15, -0.1) is 0 Å². The van der Waals surface area contributed by atoms with Crippen LogP contribution in [0.25, 0.3) is 0 Å². The highest BCUT2D eigenvalue weighted by atomic mass is 16.2. The number of carbonyl (C=O) groups is 1. The third-order valence-electron chi connectivity index (χ3n) is 3.35. The summed E-state index contributed by atoms with van der Waals surface area (Å²) >= 11 is 0. The second-order valence-corrected chi connectivity index (χ2v) is 4.43. The van der Waals surface area contributed by atoms with Crippen LogP contribution in [0.15, 0.2) is 12.2 Å². The lowest BCUT2D eigenvalue weighted by atomic mass is 9.70. The molecule has 0 aromatic carbocycles. The van der Waals surface area contributed by atoms with E-state index in [1.807, 2.05) is 4.90 Å². The van der Waals surface area contributed by atoms with Crippen LogP contribution < -0.4 is 5.73 Å². The van der Waals surface area contributed by atoms with Gasteiger partial charge in [0.15, 0.2) is 0 Å². The molecule has 3 nitrogen and oxygen atoms in total. The molecule has 0 aromatic heterocycles. The number of likely N-dealkylation sites (tertiary alicyclic amines) is 1. The normalized spacial score (nSPS) is 36.8. The van der Waals surface area contributed by atoms with E-state index in [0.717, 1.165) is 19.5 Å². The van der Waals surface area contributed by atoms with E-state index in [1.165, 1.54) is 6.42 Å². The highest BCUT2D eigenvalue weighted by Crippen LogP contribution is 2.42. The lowest BCUT2D eigenvalue weighted by molar-refractivity contribution is -0.126. The SMILES string of the molecule is C=C(C)C(=O)N1CC2CCC2(N)C1. The number of rotatable bonds is 1. The smallest absolute Gasteiger partial charge is 0.248 e. The Morgan fingerprint density at radius 2 is 2.38 bits per heavy atom. The van der Waals surface area contributed by atoms with E-state index >= 15 is 0 Å². The molecule has 13 heavy (non-hydrogen) atoms. The lowest BCUT2D eigenvalue weighted by Crippen LogP contribution is -2.54. The van der Waals surface area contributed by atoms with Crippen molar-refractivity contribution < 1.29 is 4.79 Å². The van der Waals surface area contributed by atoms with Crippen LogP contribution in [-0.4, -0.2) is 29.4 Å². The standard InChI is InChI=1S/C10H16N2O/c1-7(2)9(13)12-5-8-3-4-10(8,11)6-12/h8H,1,3-6,11H2,2H3. The Morgan fingerprint density at radius 1 is 1.69 bits per heavy atom. The van der Waals surface area contributed by atoms with E-state index in [-0.39, 0.29) is 11.4 Å². The van der Waals surface area contributed by atoms with Crippen molar-refractivity contribution in [2.24, 2.45) is 11.7 Å². The molecule has 2 rings (SSSR count). The minimum absolute atomic E-state index is 0.0644. The number of nitrogens with two attached hydrogens (primary N) is 1. The number of carbonyl (C=O) groups excluding carboxylic acids is 1. The van der Waals surface area contributed by atoms with Gasteiger partial charge in [0.2, 0.25) is 5.91 Å². The summed E-state index contributed by atoms with van der Waals surface area (Å²) in [5, 5.41) is 0. The molecule has 2 atom stereocenters. The Kier molecular flexibility index (Phi) is 1.74. The maximum Gasteiger partial charge on any atom is 0.248 e. The zero-order valence-electron chi connectivity index (χ0n) is 8.05. The summed E-state index contributed by atoms with van der Waals surface area (Å²) in [6.07, 6.45) is 2.24. The van der Waals surface area contributed by atoms with Crippen molar-refractivity contribution in [3.63, 3.8) is 0 Å². The Balaban J connectivity index is 2.06. The Labute approximate surface area is 78.6 Å². The predicted molar refractivity (Wildman–Crippen MR) is 51.0 cm³/mol. The summed E-state index contributed by atoms with van der Waals surface area (Å²) in [4.78, 5) is 13.4. The van der Waals surface area contributed by atoms with Gasteiger partial charge in [-0.3, -0.25) is 4.79 Å². The molecule has 1 aliphatic carbocycles. The predicted octanol–water partition coefficient (Wildman–Crippen LogP) is 0.512. The summed E-state index contributed by atoms with van der Waals surface area (Å²) in [5.74, 6) is 0.607. The molecule has 1 saturated carbocycles. The van der Waals surface area contributed by atoms with E-state index in [1.54, 1.807) is 6.92 Å². The molecule has 0 bridgehead atoms. The highest BCUT2D eigenvalue weighted by Gasteiger charge is 2.51. The van der Waals surface area contributed by atoms with Crippen LogP contribution in [0.4, 0.5) is 0 Å². The average molecular weight is 180 g/mol. The molecule has 0 aromatic rings. The van der Waals surface area contributed by atoms with Crippen molar-refractivity contribution in [1.29, 1.82) is 0 Å². The van der Waals surface area contributed by atoms with E-state index < -0.39 is 0 Å². The first kappa shape index (κ1) is 8.75. The van der Waals surface area contributed by atoms with Crippen LogP contribution in [0.1, 0.15) is 19.8 Å². The number of hydrogen-bond donors (Lipinski definition) is 1. The molecule has 1 amide bonds. The number of hydrogen-bond acceptors (Lipinski definition) is 2. The van der Waals surface area contributed by atoms with Gasteiger partial charge in [0, 0.05) is 24.2 Å². The van der Waals surface area contributed by atoms with Gasteiger partial charge in [-0.25, -0.2) is 0 Å². The van der Waals surface area contributed by atoms with Crippen molar-refractivity contribution in [2.45, 2.75) is 25.3 Å². The van der Waals surface area contributed by atoms with Gasteiger partial charge in [0.1, 0.15) is 0 Å². The third kappa shape index (κ3) is 1.18. The van der Waals surface area contributed by atoms with Gasteiger partial charge in [-0.05, 0) is 25.7 Å². The first-order valence-corrected chi connectivity index (χ1v) is 4.76. The van der Waals surface area contributed by atoms with Gasteiger partial charge in [-0.1, -0.05) is 6.58 Å². The summed E-state index contributed by atoms with van der Waals surface area (Å²) in [5.41, 5.74) is 6.66. The van der Waals surface area contributed by atoms with Gasteiger partial charge >= 0.3 is 0 Å². The Bertz CT molecular complexity index is 274. The largest absolute Gasteiger partial charge is 0.337 e. The van der Waals surface area contributed by atoms with Crippen LogP contribution in [0.3, 0.4) is 0 Å². The molecule has 1 heterocycles. The van der Waals surface area contributed by atoms with Crippen molar-refractivity contribution in [3.05, 3.63) is 12.2 Å². The number of nitrogens with zero attached hydrogens (tertiary/aromatic N) is 1. The average Bonchev–Trinajstić information content (AvgIpc) is 2.28. The van der Waals surface area contributed by atoms with Gasteiger partial charge in [0.25, 0.3) is 0 Å². The molecule has 2 fully saturated rings. The fourth-order valence-corrected chi connectivity index (χ4v) is 2.31. The zero-order valence-corrected chi connectivity index (χ0v) is 8.05. The Hall–Kier alpha value is -0.830. The summed E-state index contributed by atoms with van der Waals surface area (Å²) < 4.78 is 0. The highest BCUT2D eigenvalue weighted by molar-refractivity contribution is 5.92. The Morgan fingerprint density at radius 3 is 2.69 bits per heavy atom. The van der Waals surface area contributed by atoms with Crippen molar-refractivity contribution in [2.75, 3.05) is 13.1 Å². The minimum atomic E-state index is -0.0644. The van der Waals surface area contributed by atoms with Crippen molar-refractivity contribution in [1.82, 2.24) is 4.90 Å². The number of amides is 1. The van der Waals surface area contributed by atoms with Crippen LogP contribution in [-0.2, 0) is 4.79 Å². The first-order chi connectivity index (χ1) is 6.03. The van der Waals surface area contributed by atoms with Gasteiger partial charge < -0.3 is 10.6 Å². The molecule has 1 aliphatic heterocycles. The molecule has 2 N–H and O–H groups in total.